The fourth-order valence-electron chi connectivity index (χ4n) is 1.84. The zero-order valence-electron chi connectivity index (χ0n) is 11.2. The first-order valence-corrected chi connectivity index (χ1v) is 6.41. The van der Waals surface area contributed by atoms with Crippen LogP contribution >= 0.6 is 0 Å². The van der Waals surface area contributed by atoms with E-state index < -0.39 is 0 Å². The van der Waals surface area contributed by atoms with Crippen molar-refractivity contribution < 1.29 is 27.1 Å². The maximum Gasteiger partial charge on any atom is 0.277 e. The number of halogens is 1. The van der Waals surface area contributed by atoms with Crippen LogP contribution in [0.3, 0.4) is 0 Å². The molecule has 2 N–H and O–H groups in total. The number of rotatable bonds is 7. The molecule has 1 aromatic rings. The Hall–Kier alpha value is -0.870. The minimum Gasteiger partial charge on any atom is -1.00 e. The molecule has 102 valence electrons. The lowest BCUT2D eigenvalue weighted by Gasteiger charge is -2.17. The van der Waals surface area contributed by atoms with Gasteiger partial charge in [-0.05, 0) is 19.4 Å². The monoisotopic (exact) mass is 314 g/mol. The molecule has 0 fully saturated rings. The third-order valence-corrected chi connectivity index (χ3v) is 2.92. The molecule has 4 heteroatoms. The van der Waals surface area contributed by atoms with Crippen LogP contribution in [0.2, 0.25) is 0 Å². The number of hydrogen-bond acceptors (Lipinski definition) is 1. The van der Waals surface area contributed by atoms with Gasteiger partial charge in [-0.25, -0.2) is 0 Å². The van der Waals surface area contributed by atoms with E-state index in [1.807, 2.05) is 24.8 Å². The van der Waals surface area contributed by atoms with Crippen molar-refractivity contribution in [3.63, 3.8) is 0 Å². The average Bonchev–Trinajstić information content (AvgIpc) is 2.37. The third-order valence-electron chi connectivity index (χ3n) is 2.92. The SMILES string of the molecule is CCN(CC)C(=O)C[NH2+]CCc1ccccc1.[Br-]. The van der Waals surface area contributed by atoms with Gasteiger partial charge in [-0.3, -0.25) is 4.79 Å². The Morgan fingerprint density at radius 1 is 1.17 bits per heavy atom. The Labute approximate surface area is 120 Å². The highest BCUT2D eigenvalue weighted by Gasteiger charge is 2.10. The molecule has 0 aromatic heterocycles. The molecule has 0 unspecified atom stereocenters. The number of carbonyl (C=O) groups is 1. The highest BCUT2D eigenvalue weighted by atomic mass is 79.9. The van der Waals surface area contributed by atoms with Gasteiger partial charge in [0.1, 0.15) is 0 Å². The lowest BCUT2D eigenvalue weighted by atomic mass is 10.1. The summed E-state index contributed by atoms with van der Waals surface area (Å²) < 4.78 is 0. The van der Waals surface area contributed by atoms with Gasteiger partial charge in [0.25, 0.3) is 5.91 Å². The minimum atomic E-state index is 0. The molecule has 0 saturated carbocycles. The molecule has 1 rings (SSSR count). The van der Waals surface area contributed by atoms with Crippen LogP contribution in [0.5, 0.6) is 0 Å². The number of nitrogens with two attached hydrogens (primary N) is 1. The van der Waals surface area contributed by atoms with Crippen molar-refractivity contribution in [2.24, 2.45) is 0 Å². The molecular weight excluding hydrogens is 292 g/mol. The van der Waals surface area contributed by atoms with Gasteiger partial charge in [-0.15, -0.1) is 0 Å². The fourth-order valence-corrected chi connectivity index (χ4v) is 1.84. The van der Waals surface area contributed by atoms with Gasteiger partial charge in [0.15, 0.2) is 6.54 Å². The van der Waals surface area contributed by atoms with E-state index in [2.05, 4.69) is 29.6 Å². The Kier molecular flexibility index (Phi) is 9.60. The number of nitrogens with zero attached hydrogens (tertiary/aromatic N) is 1. The predicted octanol–water partition coefficient (Wildman–Crippen LogP) is -2.34. The summed E-state index contributed by atoms with van der Waals surface area (Å²) in [5.41, 5.74) is 1.33. The van der Waals surface area contributed by atoms with Crippen LogP contribution < -0.4 is 22.3 Å². The largest absolute Gasteiger partial charge is 1.00 e. The first-order chi connectivity index (χ1) is 8.27. The van der Waals surface area contributed by atoms with Crippen molar-refractivity contribution in [1.29, 1.82) is 0 Å². The highest BCUT2D eigenvalue weighted by molar-refractivity contribution is 5.76. The van der Waals surface area contributed by atoms with E-state index in [4.69, 9.17) is 0 Å². The van der Waals surface area contributed by atoms with E-state index in [-0.39, 0.29) is 22.9 Å². The van der Waals surface area contributed by atoms with Gasteiger partial charge in [-0.2, -0.15) is 0 Å². The molecule has 0 radical (unpaired) electrons. The van der Waals surface area contributed by atoms with E-state index in [9.17, 15) is 4.79 Å². The van der Waals surface area contributed by atoms with Crippen LogP contribution in [0.25, 0.3) is 0 Å². The zero-order valence-corrected chi connectivity index (χ0v) is 12.8. The number of amides is 1. The summed E-state index contributed by atoms with van der Waals surface area (Å²) >= 11 is 0. The summed E-state index contributed by atoms with van der Waals surface area (Å²) in [6, 6.07) is 10.4. The first-order valence-electron chi connectivity index (χ1n) is 6.41. The molecule has 0 bridgehead atoms. The molecule has 0 atom stereocenters. The van der Waals surface area contributed by atoms with Gasteiger partial charge < -0.3 is 27.2 Å². The van der Waals surface area contributed by atoms with Crippen LogP contribution in [0.4, 0.5) is 0 Å². The van der Waals surface area contributed by atoms with Gasteiger partial charge in [0.05, 0.1) is 6.54 Å². The van der Waals surface area contributed by atoms with Crippen molar-refractivity contribution >= 4 is 5.91 Å². The topological polar surface area (TPSA) is 36.9 Å². The predicted molar refractivity (Wildman–Crippen MR) is 69.7 cm³/mol. The normalized spacial score (nSPS) is 9.67. The Morgan fingerprint density at radius 2 is 1.78 bits per heavy atom. The number of quaternary nitrogens is 1. The van der Waals surface area contributed by atoms with Gasteiger partial charge in [0.2, 0.25) is 0 Å². The van der Waals surface area contributed by atoms with Gasteiger partial charge >= 0.3 is 0 Å². The number of carbonyl (C=O) groups excluding carboxylic acids is 1. The van der Waals surface area contributed by atoms with Crippen molar-refractivity contribution in [2.75, 3.05) is 26.2 Å². The van der Waals surface area contributed by atoms with E-state index in [1.165, 1.54) is 5.56 Å². The van der Waals surface area contributed by atoms with Crippen LogP contribution in [0.1, 0.15) is 19.4 Å². The van der Waals surface area contributed by atoms with Crippen LogP contribution in [0, 0.1) is 0 Å². The molecule has 1 aromatic carbocycles. The molecule has 0 spiro atoms. The lowest BCUT2D eigenvalue weighted by molar-refractivity contribution is -0.644. The van der Waals surface area contributed by atoms with E-state index in [1.54, 1.807) is 0 Å². The maximum atomic E-state index is 11.7. The number of benzene rings is 1. The summed E-state index contributed by atoms with van der Waals surface area (Å²) in [7, 11) is 0. The van der Waals surface area contributed by atoms with Crippen molar-refractivity contribution in [3.05, 3.63) is 35.9 Å². The smallest absolute Gasteiger partial charge is 0.277 e. The van der Waals surface area contributed by atoms with E-state index in [0.29, 0.717) is 6.54 Å². The molecular formula is C14H23BrN2O. The molecule has 3 nitrogen and oxygen atoms in total. The second kappa shape index (κ2) is 10.1. The van der Waals surface area contributed by atoms with Crippen LogP contribution in [0.15, 0.2) is 30.3 Å². The molecule has 1 amide bonds. The van der Waals surface area contributed by atoms with Crippen molar-refractivity contribution in [3.8, 4) is 0 Å². The Balaban J connectivity index is 0.00000289. The molecule has 0 aliphatic heterocycles. The quantitative estimate of drug-likeness (QED) is 0.563. The summed E-state index contributed by atoms with van der Waals surface area (Å²) in [5.74, 6) is 0.239. The molecule has 0 aliphatic rings. The fraction of sp³-hybridized carbons (Fsp3) is 0.500. The minimum absolute atomic E-state index is 0. The summed E-state index contributed by atoms with van der Waals surface area (Å²) in [5, 5.41) is 2.09. The third kappa shape index (κ3) is 6.17. The second-order valence-electron chi connectivity index (χ2n) is 4.08. The van der Waals surface area contributed by atoms with Crippen LogP contribution in [-0.4, -0.2) is 37.0 Å². The Morgan fingerprint density at radius 3 is 2.33 bits per heavy atom. The standard InChI is InChI=1S/C14H22N2O.BrH/c1-3-16(4-2)14(17)12-15-11-10-13-8-6-5-7-9-13;/h5-9,15H,3-4,10-12H2,1-2H3;1H. The first kappa shape index (κ1) is 17.1. The van der Waals surface area contributed by atoms with Crippen LogP contribution in [-0.2, 0) is 11.2 Å². The van der Waals surface area contributed by atoms with E-state index >= 15 is 0 Å². The number of likely N-dealkylation sites (N-methyl/N-ethyl adjacent to an activating group) is 1. The van der Waals surface area contributed by atoms with Crippen molar-refractivity contribution in [1.82, 2.24) is 4.90 Å². The lowest BCUT2D eigenvalue weighted by Crippen LogP contribution is -3.00. The summed E-state index contributed by atoms with van der Waals surface area (Å²) in [4.78, 5) is 13.6. The second-order valence-corrected chi connectivity index (χ2v) is 4.08. The average molecular weight is 315 g/mol. The van der Waals surface area contributed by atoms with Gasteiger partial charge in [-0.1, -0.05) is 30.3 Å². The van der Waals surface area contributed by atoms with Gasteiger partial charge in [0, 0.05) is 19.5 Å². The summed E-state index contributed by atoms with van der Waals surface area (Å²) in [6.45, 7) is 7.19. The Bertz CT molecular complexity index is 326. The molecule has 0 heterocycles. The molecule has 0 aliphatic carbocycles. The highest BCUT2D eigenvalue weighted by Crippen LogP contribution is 1.96. The van der Waals surface area contributed by atoms with E-state index in [0.717, 1.165) is 26.1 Å². The summed E-state index contributed by atoms with van der Waals surface area (Å²) in [6.07, 6.45) is 1.02. The molecule has 0 saturated heterocycles. The van der Waals surface area contributed by atoms with Crippen molar-refractivity contribution in [2.45, 2.75) is 20.3 Å². The zero-order chi connectivity index (χ0) is 12.5. The molecule has 18 heavy (non-hydrogen) atoms. The maximum absolute atomic E-state index is 11.7. The number of hydrogen-bond donors (Lipinski definition) is 1.